The smallest absolute Gasteiger partial charge is 0.317 e. The molecule has 0 atom stereocenters. The summed E-state index contributed by atoms with van der Waals surface area (Å²) in [4.78, 5) is 16.5. The zero-order chi connectivity index (χ0) is 19.3. The highest BCUT2D eigenvalue weighted by molar-refractivity contribution is 5.74. The predicted molar refractivity (Wildman–Crippen MR) is 108 cm³/mol. The van der Waals surface area contributed by atoms with Gasteiger partial charge in [-0.1, -0.05) is 12.1 Å². The van der Waals surface area contributed by atoms with E-state index < -0.39 is 0 Å². The van der Waals surface area contributed by atoms with Gasteiger partial charge in [-0.15, -0.1) is 5.10 Å². The first-order valence-electron chi connectivity index (χ1n) is 9.99. The largest absolute Gasteiger partial charge is 0.497 e. The van der Waals surface area contributed by atoms with Gasteiger partial charge in [0.2, 0.25) is 0 Å². The summed E-state index contributed by atoms with van der Waals surface area (Å²) < 4.78 is 5.16. The van der Waals surface area contributed by atoms with Crippen molar-refractivity contribution < 1.29 is 9.53 Å². The third-order valence-corrected chi connectivity index (χ3v) is 5.55. The molecule has 1 fully saturated rings. The number of aryl methyl sites for hydroxylation is 2. The average Bonchev–Trinajstić information content (AvgIpc) is 3.22. The molecule has 1 aromatic carbocycles. The summed E-state index contributed by atoms with van der Waals surface area (Å²) in [7, 11) is 1.66. The van der Waals surface area contributed by atoms with Gasteiger partial charge in [0.25, 0.3) is 0 Å². The van der Waals surface area contributed by atoms with Crippen LogP contribution in [0.2, 0.25) is 0 Å². The number of ether oxygens (including phenoxy) is 1. The van der Waals surface area contributed by atoms with E-state index in [1.54, 1.807) is 7.11 Å². The predicted octanol–water partition coefficient (Wildman–Crippen LogP) is 2.05. The number of piperazine rings is 1. The van der Waals surface area contributed by atoms with Gasteiger partial charge >= 0.3 is 6.03 Å². The van der Waals surface area contributed by atoms with Crippen molar-refractivity contribution in [3.63, 3.8) is 0 Å². The Hall–Kier alpha value is -2.83. The monoisotopic (exact) mass is 381 g/mol. The van der Waals surface area contributed by atoms with Crippen LogP contribution in [0, 0.1) is 0 Å². The molecule has 1 aliphatic carbocycles. The number of methoxy groups -OCH3 is 1. The van der Waals surface area contributed by atoms with E-state index in [9.17, 15) is 4.79 Å². The third kappa shape index (κ3) is 4.18. The molecule has 0 radical (unpaired) electrons. The molecule has 28 heavy (non-hydrogen) atoms. The van der Waals surface area contributed by atoms with Crippen LogP contribution in [-0.2, 0) is 19.3 Å². The number of nitrogens with one attached hydrogen (secondary N) is 1. The van der Waals surface area contributed by atoms with Crippen LogP contribution in [0.3, 0.4) is 0 Å². The van der Waals surface area contributed by atoms with Crippen molar-refractivity contribution in [3.05, 3.63) is 47.2 Å². The fourth-order valence-corrected chi connectivity index (χ4v) is 3.83. The van der Waals surface area contributed by atoms with Crippen LogP contribution in [-0.4, -0.2) is 61.0 Å². The van der Waals surface area contributed by atoms with Crippen LogP contribution in [0.1, 0.15) is 23.2 Å². The molecule has 1 saturated heterocycles. The molecular formula is C21H27N5O2. The first-order valence-corrected chi connectivity index (χ1v) is 9.99. The number of urea groups is 1. The molecule has 1 aromatic heterocycles. The number of carbonyl (C=O) groups is 1. The SMILES string of the molecule is COc1ccc(CCNC(=O)N2CCN(c3cc4c(nn3)CCC4)CC2)cc1. The Labute approximate surface area is 165 Å². The molecule has 2 amide bonds. The Bertz CT molecular complexity index is 816. The molecule has 0 unspecified atom stereocenters. The van der Waals surface area contributed by atoms with E-state index >= 15 is 0 Å². The first-order chi connectivity index (χ1) is 13.7. The normalized spacial score (nSPS) is 16.0. The number of hydrogen-bond acceptors (Lipinski definition) is 5. The van der Waals surface area contributed by atoms with Crippen LogP contribution < -0.4 is 15.0 Å². The summed E-state index contributed by atoms with van der Waals surface area (Å²) in [6, 6.07) is 10.1. The highest BCUT2D eigenvalue weighted by Crippen LogP contribution is 2.23. The number of rotatable bonds is 5. The Kier molecular flexibility index (Phi) is 5.60. The molecule has 2 heterocycles. The second-order valence-corrected chi connectivity index (χ2v) is 7.33. The topological polar surface area (TPSA) is 70.6 Å². The van der Waals surface area contributed by atoms with Crippen molar-refractivity contribution in [2.45, 2.75) is 25.7 Å². The Morgan fingerprint density at radius 3 is 2.64 bits per heavy atom. The maximum absolute atomic E-state index is 12.4. The van der Waals surface area contributed by atoms with Crippen LogP contribution >= 0.6 is 0 Å². The quantitative estimate of drug-likeness (QED) is 0.858. The van der Waals surface area contributed by atoms with E-state index in [0.29, 0.717) is 19.6 Å². The third-order valence-electron chi connectivity index (χ3n) is 5.55. The number of amides is 2. The van der Waals surface area contributed by atoms with Crippen LogP contribution in [0.4, 0.5) is 10.6 Å². The van der Waals surface area contributed by atoms with Crippen molar-refractivity contribution in [3.8, 4) is 5.75 Å². The number of aromatic nitrogens is 2. The van der Waals surface area contributed by atoms with Crippen LogP contribution in [0.5, 0.6) is 5.75 Å². The molecule has 2 aliphatic rings. The van der Waals surface area contributed by atoms with Gasteiger partial charge in [-0.05, 0) is 55.0 Å². The molecule has 4 rings (SSSR count). The van der Waals surface area contributed by atoms with Gasteiger partial charge in [0.15, 0.2) is 5.82 Å². The molecule has 2 aromatic rings. The molecule has 0 saturated carbocycles. The number of carbonyl (C=O) groups excluding carboxylic acids is 1. The Morgan fingerprint density at radius 1 is 1.11 bits per heavy atom. The zero-order valence-electron chi connectivity index (χ0n) is 16.4. The standard InChI is InChI=1S/C21H27N5O2/c1-28-18-7-5-16(6-8-18)9-10-22-21(27)26-13-11-25(12-14-26)20-15-17-3-2-4-19(17)23-24-20/h5-8,15H,2-4,9-14H2,1H3,(H,22,27). The minimum absolute atomic E-state index is 0.00759. The molecule has 1 N–H and O–H groups in total. The van der Waals surface area contributed by atoms with Gasteiger partial charge in [-0.3, -0.25) is 0 Å². The van der Waals surface area contributed by atoms with Gasteiger partial charge < -0.3 is 19.9 Å². The molecule has 1 aliphatic heterocycles. The van der Waals surface area contributed by atoms with Crippen molar-refractivity contribution in [2.75, 3.05) is 44.7 Å². The Balaban J connectivity index is 1.22. The van der Waals surface area contributed by atoms with E-state index in [1.165, 1.54) is 17.5 Å². The number of anilines is 1. The number of nitrogens with zero attached hydrogens (tertiary/aromatic N) is 4. The highest BCUT2D eigenvalue weighted by atomic mass is 16.5. The lowest BCUT2D eigenvalue weighted by atomic mass is 10.1. The average molecular weight is 381 g/mol. The molecule has 148 valence electrons. The summed E-state index contributed by atoms with van der Waals surface area (Å²) in [6.07, 6.45) is 4.14. The molecule has 7 nitrogen and oxygen atoms in total. The lowest BCUT2D eigenvalue weighted by Gasteiger charge is -2.35. The fraction of sp³-hybridized carbons (Fsp3) is 0.476. The number of fused-ring (bicyclic) bond motifs is 1. The highest BCUT2D eigenvalue weighted by Gasteiger charge is 2.23. The summed E-state index contributed by atoms with van der Waals surface area (Å²) in [6.45, 7) is 3.61. The minimum atomic E-state index is 0.00759. The lowest BCUT2D eigenvalue weighted by Crippen LogP contribution is -2.52. The maximum Gasteiger partial charge on any atom is 0.317 e. The number of hydrogen-bond donors (Lipinski definition) is 1. The van der Waals surface area contributed by atoms with Gasteiger partial charge in [0.05, 0.1) is 12.8 Å². The maximum atomic E-state index is 12.4. The van der Waals surface area contributed by atoms with E-state index in [2.05, 4.69) is 26.5 Å². The van der Waals surface area contributed by atoms with Gasteiger partial charge in [0.1, 0.15) is 5.75 Å². The van der Waals surface area contributed by atoms with Gasteiger partial charge in [0, 0.05) is 32.7 Å². The van der Waals surface area contributed by atoms with Crippen LogP contribution in [0.15, 0.2) is 30.3 Å². The van der Waals surface area contributed by atoms with E-state index in [1.807, 2.05) is 29.2 Å². The fourth-order valence-electron chi connectivity index (χ4n) is 3.83. The minimum Gasteiger partial charge on any atom is -0.497 e. The molecule has 0 bridgehead atoms. The second kappa shape index (κ2) is 8.46. The molecular weight excluding hydrogens is 354 g/mol. The van der Waals surface area contributed by atoms with E-state index in [-0.39, 0.29) is 6.03 Å². The first kappa shape index (κ1) is 18.5. The van der Waals surface area contributed by atoms with Crippen molar-refractivity contribution >= 4 is 11.8 Å². The van der Waals surface area contributed by atoms with Crippen LogP contribution in [0.25, 0.3) is 0 Å². The Morgan fingerprint density at radius 2 is 1.89 bits per heavy atom. The summed E-state index contributed by atoms with van der Waals surface area (Å²) >= 11 is 0. The molecule has 0 spiro atoms. The van der Waals surface area contributed by atoms with Crippen molar-refractivity contribution in [1.82, 2.24) is 20.4 Å². The summed E-state index contributed by atoms with van der Waals surface area (Å²) in [5.74, 6) is 1.79. The van der Waals surface area contributed by atoms with E-state index in [0.717, 1.165) is 49.6 Å². The summed E-state index contributed by atoms with van der Waals surface area (Å²) in [5, 5.41) is 11.8. The van der Waals surface area contributed by atoms with Crippen molar-refractivity contribution in [1.29, 1.82) is 0 Å². The van der Waals surface area contributed by atoms with Crippen molar-refractivity contribution in [2.24, 2.45) is 0 Å². The van der Waals surface area contributed by atoms with Gasteiger partial charge in [-0.25, -0.2) is 4.79 Å². The molecule has 7 heteroatoms. The van der Waals surface area contributed by atoms with Gasteiger partial charge in [-0.2, -0.15) is 5.10 Å². The number of benzene rings is 1. The second-order valence-electron chi connectivity index (χ2n) is 7.33. The lowest BCUT2D eigenvalue weighted by molar-refractivity contribution is 0.194. The summed E-state index contributed by atoms with van der Waals surface area (Å²) in [5.41, 5.74) is 3.67. The zero-order valence-corrected chi connectivity index (χ0v) is 16.4. The van der Waals surface area contributed by atoms with E-state index in [4.69, 9.17) is 4.74 Å².